The van der Waals surface area contributed by atoms with Crippen molar-refractivity contribution in [2.45, 2.75) is 19.4 Å². The molecule has 6 nitrogen and oxygen atoms in total. The number of amides is 1. The Morgan fingerprint density at radius 2 is 2.04 bits per heavy atom. The second-order valence-electron chi connectivity index (χ2n) is 5.73. The first kappa shape index (κ1) is 19.4. The first-order valence-electron chi connectivity index (χ1n) is 7.67. The van der Waals surface area contributed by atoms with Crippen LogP contribution in [0, 0.1) is 6.92 Å². The first-order valence-corrected chi connectivity index (χ1v) is 7.67. The lowest BCUT2D eigenvalue weighted by atomic mass is 10.1. The molecule has 0 atom stereocenters. The summed E-state index contributed by atoms with van der Waals surface area (Å²) in [6.45, 7) is 4.82. The van der Waals surface area contributed by atoms with Crippen LogP contribution in [0.4, 0.5) is 27.9 Å². The van der Waals surface area contributed by atoms with Gasteiger partial charge in [-0.25, -0.2) is 4.98 Å². The van der Waals surface area contributed by atoms with Gasteiger partial charge < -0.3 is 14.5 Å². The smallest absolute Gasteiger partial charge is 0.396 e. The molecule has 2 heterocycles. The highest BCUT2D eigenvalue weighted by Gasteiger charge is 2.45. The third-order valence-corrected chi connectivity index (χ3v) is 3.62. The highest BCUT2D eigenvalue weighted by atomic mass is 19.4. The molecule has 0 bridgehead atoms. The molecule has 0 unspecified atom stereocenters. The van der Waals surface area contributed by atoms with E-state index in [1.165, 1.54) is 13.0 Å². The lowest BCUT2D eigenvalue weighted by Gasteiger charge is -2.08. The van der Waals surface area contributed by atoms with Crippen molar-refractivity contribution < 1.29 is 36.2 Å². The summed E-state index contributed by atoms with van der Waals surface area (Å²) >= 11 is 0. The average Bonchev–Trinajstić information content (AvgIpc) is 3.05. The number of imidazole rings is 1. The molecule has 1 fully saturated rings. The number of nitrogens with zero attached hydrogens (tertiary/aromatic N) is 1. The lowest BCUT2D eigenvalue weighted by molar-refractivity contribution is -0.326. The molecule has 1 aliphatic rings. The zero-order valence-electron chi connectivity index (χ0n) is 14.2. The number of anilines is 1. The number of carbonyl (C=O) groups is 1. The molecule has 0 spiro atoms. The van der Waals surface area contributed by atoms with Crippen molar-refractivity contribution in [3.63, 3.8) is 0 Å². The van der Waals surface area contributed by atoms with Gasteiger partial charge in [0.15, 0.2) is 11.5 Å². The van der Waals surface area contributed by atoms with Gasteiger partial charge in [0.05, 0.1) is 11.3 Å². The van der Waals surface area contributed by atoms with Crippen LogP contribution < -0.4 is 5.32 Å². The van der Waals surface area contributed by atoms with Crippen molar-refractivity contribution in [1.82, 2.24) is 9.97 Å². The summed E-state index contributed by atoms with van der Waals surface area (Å²) < 4.78 is 72.7. The topological polar surface area (TPSA) is 76.2 Å². The summed E-state index contributed by atoms with van der Waals surface area (Å²) in [5, 5.41) is 2.31. The SMILES string of the molecule is C=C1OC(F)(F)O/C1=C/c1nc(NC(=O)c2cccc(C(F)(F)F)c2)[nH]c1C. The number of carbonyl (C=O) groups excluding carboxylic acids is 1. The number of halogens is 5. The molecular weight excluding hydrogens is 389 g/mol. The van der Waals surface area contributed by atoms with Crippen molar-refractivity contribution in [2.75, 3.05) is 5.32 Å². The third kappa shape index (κ3) is 4.13. The highest BCUT2D eigenvalue weighted by molar-refractivity contribution is 6.03. The Balaban J connectivity index is 1.79. The second-order valence-corrected chi connectivity index (χ2v) is 5.73. The number of hydrogen-bond donors (Lipinski definition) is 2. The van der Waals surface area contributed by atoms with E-state index < -0.39 is 29.7 Å². The van der Waals surface area contributed by atoms with Crippen LogP contribution in [0.15, 0.2) is 42.4 Å². The van der Waals surface area contributed by atoms with Crippen LogP contribution >= 0.6 is 0 Å². The molecular formula is C17H12F5N3O3. The Labute approximate surface area is 154 Å². The normalized spacial score (nSPS) is 17.4. The molecule has 1 aromatic carbocycles. The van der Waals surface area contributed by atoms with E-state index in [4.69, 9.17) is 0 Å². The monoisotopic (exact) mass is 401 g/mol. The summed E-state index contributed by atoms with van der Waals surface area (Å²) in [5.41, 5.74) is -0.696. The molecule has 0 aliphatic carbocycles. The maximum atomic E-state index is 13.0. The van der Waals surface area contributed by atoms with Crippen LogP contribution in [-0.2, 0) is 15.7 Å². The predicted octanol–water partition coefficient (Wildman–Crippen LogP) is 4.44. The maximum Gasteiger partial charge on any atom is 0.586 e. The molecule has 1 aliphatic heterocycles. The fourth-order valence-electron chi connectivity index (χ4n) is 2.32. The predicted molar refractivity (Wildman–Crippen MR) is 87.0 cm³/mol. The van der Waals surface area contributed by atoms with Crippen LogP contribution in [0.1, 0.15) is 27.3 Å². The Morgan fingerprint density at radius 1 is 1.32 bits per heavy atom. The molecule has 11 heteroatoms. The number of aromatic amines is 1. The number of alkyl halides is 5. The van der Waals surface area contributed by atoms with Gasteiger partial charge in [0.1, 0.15) is 0 Å². The number of hydrogen-bond acceptors (Lipinski definition) is 4. The highest BCUT2D eigenvalue weighted by Crippen LogP contribution is 2.36. The maximum absolute atomic E-state index is 13.0. The summed E-state index contributed by atoms with van der Waals surface area (Å²) in [6, 6.07) is 3.84. The van der Waals surface area contributed by atoms with Crippen molar-refractivity contribution >= 4 is 17.9 Å². The number of nitrogens with one attached hydrogen (secondary N) is 2. The Hall–Kier alpha value is -3.37. The summed E-state index contributed by atoms with van der Waals surface area (Å²) in [7, 11) is 0. The average molecular weight is 401 g/mol. The van der Waals surface area contributed by atoms with Crippen LogP contribution in [0.2, 0.25) is 0 Å². The molecule has 28 heavy (non-hydrogen) atoms. The number of benzene rings is 1. The van der Waals surface area contributed by atoms with Gasteiger partial charge in [-0.2, -0.15) is 13.2 Å². The van der Waals surface area contributed by atoms with E-state index in [1.807, 2.05) is 0 Å². The first-order chi connectivity index (χ1) is 12.9. The molecule has 1 amide bonds. The van der Waals surface area contributed by atoms with E-state index in [9.17, 15) is 26.7 Å². The Morgan fingerprint density at radius 3 is 2.64 bits per heavy atom. The zero-order valence-corrected chi connectivity index (χ0v) is 14.2. The van der Waals surface area contributed by atoms with E-state index in [0.717, 1.165) is 18.2 Å². The third-order valence-electron chi connectivity index (χ3n) is 3.62. The molecule has 0 saturated carbocycles. The van der Waals surface area contributed by atoms with E-state index in [0.29, 0.717) is 11.8 Å². The fraction of sp³-hybridized carbons (Fsp3) is 0.176. The molecule has 2 aromatic rings. The van der Waals surface area contributed by atoms with Gasteiger partial charge in [-0.3, -0.25) is 10.1 Å². The summed E-state index contributed by atoms with van der Waals surface area (Å²) in [4.78, 5) is 18.8. The largest absolute Gasteiger partial charge is 0.586 e. The number of rotatable bonds is 3. The number of aryl methyl sites for hydroxylation is 1. The number of H-pyrrole nitrogens is 1. The second kappa shape index (κ2) is 6.66. The summed E-state index contributed by atoms with van der Waals surface area (Å²) in [6.07, 6.45) is -7.31. The molecule has 1 aromatic heterocycles. The summed E-state index contributed by atoms with van der Waals surface area (Å²) in [5.74, 6) is -1.68. The minimum absolute atomic E-state index is 0.0944. The number of aromatic nitrogens is 2. The number of ether oxygens (including phenoxy) is 2. The molecule has 3 rings (SSSR count). The van der Waals surface area contributed by atoms with Gasteiger partial charge in [0, 0.05) is 17.3 Å². The van der Waals surface area contributed by atoms with Gasteiger partial charge in [-0.15, -0.1) is 8.78 Å². The van der Waals surface area contributed by atoms with E-state index in [1.54, 1.807) is 0 Å². The van der Waals surface area contributed by atoms with Crippen molar-refractivity contribution in [1.29, 1.82) is 0 Å². The molecule has 148 valence electrons. The van der Waals surface area contributed by atoms with Crippen molar-refractivity contribution in [3.05, 3.63) is 64.9 Å². The van der Waals surface area contributed by atoms with Crippen molar-refractivity contribution in [2.24, 2.45) is 0 Å². The van der Waals surface area contributed by atoms with Crippen LogP contribution in [0.5, 0.6) is 0 Å². The van der Waals surface area contributed by atoms with E-state index in [-0.39, 0.29) is 23.0 Å². The Kier molecular flexibility index (Phi) is 4.61. The van der Waals surface area contributed by atoms with Gasteiger partial charge in [-0.1, -0.05) is 12.6 Å². The molecule has 0 radical (unpaired) electrons. The van der Waals surface area contributed by atoms with Gasteiger partial charge in [0.25, 0.3) is 5.91 Å². The van der Waals surface area contributed by atoms with Crippen LogP contribution in [0.3, 0.4) is 0 Å². The van der Waals surface area contributed by atoms with E-state index in [2.05, 4.69) is 31.3 Å². The van der Waals surface area contributed by atoms with E-state index >= 15 is 0 Å². The lowest BCUT2D eigenvalue weighted by Crippen LogP contribution is -2.14. The van der Waals surface area contributed by atoms with Crippen LogP contribution in [0.25, 0.3) is 6.08 Å². The fourth-order valence-corrected chi connectivity index (χ4v) is 2.32. The molecule has 2 N–H and O–H groups in total. The molecule has 1 saturated heterocycles. The zero-order chi connectivity index (χ0) is 20.7. The Bertz CT molecular complexity index is 979. The minimum atomic E-state index is -4.59. The van der Waals surface area contributed by atoms with Gasteiger partial charge in [-0.05, 0) is 25.1 Å². The van der Waals surface area contributed by atoms with Gasteiger partial charge >= 0.3 is 12.5 Å². The quantitative estimate of drug-likeness (QED) is 0.746. The standard InChI is InChI=1S/C17H12F5N3O3/c1-8-12(7-13-9(2)27-17(21,22)28-13)24-15(23-8)25-14(26)10-4-3-5-11(6-10)16(18,19)20/h3-7H,2H2,1H3,(H2,23,24,25,26)/b13-7+. The minimum Gasteiger partial charge on any atom is -0.396 e. The van der Waals surface area contributed by atoms with Crippen LogP contribution in [-0.4, -0.2) is 22.2 Å². The van der Waals surface area contributed by atoms with Gasteiger partial charge in [0.2, 0.25) is 5.95 Å². The van der Waals surface area contributed by atoms with Crippen molar-refractivity contribution in [3.8, 4) is 0 Å².